The number of hydrogen-bond acceptors (Lipinski definition) is 4. The van der Waals surface area contributed by atoms with E-state index in [0.29, 0.717) is 12.0 Å². The topological polar surface area (TPSA) is 70.4 Å². The third-order valence-corrected chi connectivity index (χ3v) is 6.18. The lowest BCUT2D eigenvalue weighted by Crippen LogP contribution is -2.49. The molecule has 7 nitrogen and oxygen atoms in total. The van der Waals surface area contributed by atoms with E-state index < -0.39 is 0 Å². The van der Waals surface area contributed by atoms with Crippen molar-refractivity contribution in [1.82, 2.24) is 30.3 Å². The molecule has 1 aromatic heterocycles. The van der Waals surface area contributed by atoms with Crippen LogP contribution in [0.4, 0.5) is 0 Å². The van der Waals surface area contributed by atoms with Crippen molar-refractivity contribution in [2.45, 2.75) is 91.6 Å². The molecule has 1 unspecified atom stereocenters. The molecule has 2 heterocycles. The number of guanidine groups is 1. The Hall–Kier alpha value is -0.900. The zero-order valence-corrected chi connectivity index (χ0v) is 22.6. The molecule has 8 heteroatoms. The van der Waals surface area contributed by atoms with Crippen molar-refractivity contribution >= 4 is 29.9 Å². The van der Waals surface area contributed by atoms with Crippen LogP contribution < -0.4 is 10.6 Å². The molecule has 0 radical (unpaired) electrons. The van der Waals surface area contributed by atoms with Gasteiger partial charge >= 0.3 is 0 Å². The van der Waals surface area contributed by atoms with Gasteiger partial charge in [0.1, 0.15) is 12.2 Å². The summed E-state index contributed by atoms with van der Waals surface area (Å²) in [7, 11) is 0. The van der Waals surface area contributed by atoms with Crippen LogP contribution in [0.15, 0.2) is 11.3 Å². The maximum Gasteiger partial charge on any atom is 0.191 e. The van der Waals surface area contributed by atoms with Crippen LogP contribution in [0, 0.1) is 5.92 Å². The normalized spacial score (nSPS) is 16.7. The van der Waals surface area contributed by atoms with Gasteiger partial charge < -0.3 is 20.1 Å². The fraction of sp³-hybridized carbons (Fsp3) is 0.870. The van der Waals surface area contributed by atoms with Gasteiger partial charge in [-0.3, -0.25) is 4.99 Å². The van der Waals surface area contributed by atoms with Crippen LogP contribution in [-0.4, -0.2) is 64.4 Å². The second kappa shape index (κ2) is 16.7. The minimum Gasteiger partial charge on any atom is -0.355 e. The SMILES string of the molecule is CCCCC(CC)CN=C(NCCn1cnnc1CC)NC1CCN(CCC)CC1.I. The molecule has 1 saturated heterocycles. The first-order valence-corrected chi connectivity index (χ1v) is 12.3. The first-order valence-electron chi connectivity index (χ1n) is 12.3. The van der Waals surface area contributed by atoms with Crippen LogP contribution in [-0.2, 0) is 13.0 Å². The maximum atomic E-state index is 5.00. The van der Waals surface area contributed by atoms with E-state index >= 15 is 0 Å². The number of nitrogens with one attached hydrogen (secondary N) is 2. The van der Waals surface area contributed by atoms with Gasteiger partial charge in [-0.25, -0.2) is 0 Å². The molecule has 0 aliphatic carbocycles. The molecule has 180 valence electrons. The van der Waals surface area contributed by atoms with Gasteiger partial charge in [0.25, 0.3) is 0 Å². The Balaban J connectivity index is 0.00000480. The fourth-order valence-electron chi connectivity index (χ4n) is 4.13. The molecule has 0 saturated carbocycles. The fourth-order valence-corrected chi connectivity index (χ4v) is 4.13. The van der Waals surface area contributed by atoms with Gasteiger partial charge in [0.15, 0.2) is 5.96 Å². The van der Waals surface area contributed by atoms with E-state index in [1.807, 2.05) is 6.33 Å². The van der Waals surface area contributed by atoms with Gasteiger partial charge in [-0.05, 0) is 38.1 Å². The van der Waals surface area contributed by atoms with Crippen LogP contribution >= 0.6 is 24.0 Å². The van der Waals surface area contributed by atoms with Gasteiger partial charge in [-0.1, -0.05) is 47.0 Å². The van der Waals surface area contributed by atoms with Gasteiger partial charge in [0, 0.05) is 45.2 Å². The molecular formula is C23H46IN7. The molecule has 2 N–H and O–H groups in total. The van der Waals surface area contributed by atoms with E-state index in [4.69, 9.17) is 4.99 Å². The summed E-state index contributed by atoms with van der Waals surface area (Å²) < 4.78 is 2.13. The summed E-state index contributed by atoms with van der Waals surface area (Å²) >= 11 is 0. The Morgan fingerprint density at radius 2 is 1.94 bits per heavy atom. The van der Waals surface area contributed by atoms with Crippen LogP contribution in [0.1, 0.15) is 78.5 Å². The molecular weight excluding hydrogens is 501 g/mol. The predicted octanol–water partition coefficient (Wildman–Crippen LogP) is 4.08. The molecule has 1 fully saturated rings. The monoisotopic (exact) mass is 547 g/mol. The maximum absolute atomic E-state index is 5.00. The van der Waals surface area contributed by atoms with Crippen molar-refractivity contribution in [1.29, 1.82) is 0 Å². The summed E-state index contributed by atoms with van der Waals surface area (Å²) in [5.41, 5.74) is 0. The molecule has 31 heavy (non-hydrogen) atoms. The van der Waals surface area contributed by atoms with Crippen LogP contribution in [0.25, 0.3) is 0 Å². The Labute approximate surface area is 207 Å². The van der Waals surface area contributed by atoms with Crippen LogP contribution in [0.2, 0.25) is 0 Å². The zero-order valence-electron chi connectivity index (χ0n) is 20.3. The summed E-state index contributed by atoms with van der Waals surface area (Å²) in [6, 6.07) is 0.515. The summed E-state index contributed by atoms with van der Waals surface area (Å²) in [4.78, 5) is 7.58. The smallest absolute Gasteiger partial charge is 0.191 e. The third kappa shape index (κ3) is 10.5. The number of nitrogens with zero attached hydrogens (tertiary/aromatic N) is 5. The number of hydrogen-bond donors (Lipinski definition) is 2. The van der Waals surface area contributed by atoms with E-state index in [0.717, 1.165) is 37.8 Å². The minimum atomic E-state index is 0. The molecule has 1 aliphatic rings. The minimum absolute atomic E-state index is 0. The van der Waals surface area contributed by atoms with E-state index in [-0.39, 0.29) is 24.0 Å². The Kier molecular flexibility index (Phi) is 15.2. The van der Waals surface area contributed by atoms with Crippen molar-refractivity contribution in [3.05, 3.63) is 12.2 Å². The average molecular weight is 548 g/mol. The third-order valence-electron chi connectivity index (χ3n) is 6.18. The number of halogens is 1. The predicted molar refractivity (Wildman–Crippen MR) is 141 cm³/mol. The molecule has 1 atom stereocenters. The first kappa shape index (κ1) is 28.1. The van der Waals surface area contributed by atoms with Gasteiger partial charge in [-0.2, -0.15) is 0 Å². The quantitative estimate of drug-likeness (QED) is 0.221. The molecule has 1 aromatic rings. The second-order valence-electron chi connectivity index (χ2n) is 8.59. The molecule has 0 amide bonds. The van der Waals surface area contributed by atoms with Crippen molar-refractivity contribution in [2.75, 3.05) is 32.7 Å². The largest absolute Gasteiger partial charge is 0.355 e. The second-order valence-corrected chi connectivity index (χ2v) is 8.59. The molecule has 0 spiro atoms. The first-order chi connectivity index (χ1) is 14.7. The molecule has 2 rings (SSSR count). The highest BCUT2D eigenvalue weighted by Gasteiger charge is 2.19. The number of aliphatic imine (C=N–C) groups is 1. The lowest BCUT2D eigenvalue weighted by Gasteiger charge is -2.33. The van der Waals surface area contributed by atoms with Crippen LogP contribution in [0.5, 0.6) is 0 Å². The van der Waals surface area contributed by atoms with Crippen molar-refractivity contribution in [2.24, 2.45) is 10.9 Å². The molecule has 1 aliphatic heterocycles. The van der Waals surface area contributed by atoms with Crippen LogP contribution in [0.3, 0.4) is 0 Å². The van der Waals surface area contributed by atoms with E-state index in [2.05, 4.69) is 58.0 Å². The Morgan fingerprint density at radius 3 is 2.58 bits per heavy atom. The summed E-state index contributed by atoms with van der Waals surface area (Å²) in [5, 5.41) is 15.5. The van der Waals surface area contributed by atoms with Gasteiger partial charge in [0.05, 0.1) is 0 Å². The number of unbranched alkanes of at least 4 members (excludes halogenated alkanes) is 1. The molecule has 0 bridgehead atoms. The Morgan fingerprint density at radius 1 is 1.16 bits per heavy atom. The summed E-state index contributed by atoms with van der Waals surface area (Å²) in [5.74, 6) is 2.70. The number of aromatic nitrogens is 3. The van der Waals surface area contributed by atoms with Crippen molar-refractivity contribution < 1.29 is 0 Å². The van der Waals surface area contributed by atoms with E-state index in [1.54, 1.807) is 0 Å². The van der Waals surface area contributed by atoms with E-state index in [1.165, 1.54) is 64.6 Å². The lowest BCUT2D eigenvalue weighted by atomic mass is 10.00. The highest BCUT2D eigenvalue weighted by molar-refractivity contribution is 14.0. The van der Waals surface area contributed by atoms with Gasteiger partial charge in [0.2, 0.25) is 0 Å². The highest BCUT2D eigenvalue weighted by Crippen LogP contribution is 2.13. The Bertz CT molecular complexity index is 597. The lowest BCUT2D eigenvalue weighted by molar-refractivity contribution is 0.206. The van der Waals surface area contributed by atoms with Gasteiger partial charge in [-0.15, -0.1) is 34.2 Å². The standard InChI is InChI=1S/C23H45N7.HI/c1-5-9-10-20(7-3)18-25-23(24-13-17-30-19-26-28-22(30)8-4)27-21-11-15-29(14-6-2)16-12-21;/h19-21H,5-18H2,1-4H3,(H2,24,25,27);1H. The van der Waals surface area contributed by atoms with E-state index in [9.17, 15) is 0 Å². The zero-order chi connectivity index (χ0) is 21.6. The average Bonchev–Trinajstić information content (AvgIpc) is 3.22. The number of aryl methyl sites for hydroxylation is 1. The number of likely N-dealkylation sites (tertiary alicyclic amines) is 1. The summed E-state index contributed by atoms with van der Waals surface area (Å²) in [6.07, 6.45) is 11.4. The van der Waals surface area contributed by atoms with Crippen molar-refractivity contribution in [3.8, 4) is 0 Å². The van der Waals surface area contributed by atoms with Crippen molar-refractivity contribution in [3.63, 3.8) is 0 Å². The molecule has 0 aromatic carbocycles. The highest BCUT2D eigenvalue weighted by atomic mass is 127. The number of piperidine rings is 1. The number of rotatable bonds is 13. The summed E-state index contributed by atoms with van der Waals surface area (Å²) in [6.45, 7) is 15.1.